The van der Waals surface area contributed by atoms with Crippen LogP contribution in [0.5, 0.6) is 5.75 Å². The highest BCUT2D eigenvalue weighted by molar-refractivity contribution is 6.32. The van der Waals surface area contributed by atoms with Gasteiger partial charge in [-0.2, -0.15) is 0 Å². The number of rotatable bonds is 6. The van der Waals surface area contributed by atoms with Crippen LogP contribution in [0.2, 0.25) is 5.02 Å². The number of ether oxygens (including phenoxy) is 2. The minimum absolute atomic E-state index is 0.106. The highest BCUT2D eigenvalue weighted by atomic mass is 35.5. The quantitative estimate of drug-likeness (QED) is 0.487. The molecule has 3 aromatic rings. The first-order valence-electron chi connectivity index (χ1n) is 12.7. The SMILES string of the molecule is CC(C)(C)OC(=O)N1C[C@@H]2C[C@H]1CN2c1ccc2ncnc(Nc3cc(Cl)c(OCC4CC4)cn3)c2n1. The number of fused-ring (bicyclic) bond motifs is 3. The summed E-state index contributed by atoms with van der Waals surface area (Å²) in [4.78, 5) is 34.9. The molecule has 1 amide bonds. The van der Waals surface area contributed by atoms with Gasteiger partial charge in [0.05, 0.1) is 35.4 Å². The van der Waals surface area contributed by atoms with E-state index in [-0.39, 0.29) is 18.2 Å². The molecule has 1 saturated carbocycles. The van der Waals surface area contributed by atoms with E-state index in [1.807, 2.05) is 37.8 Å². The smallest absolute Gasteiger partial charge is 0.410 e. The number of likely N-dealkylation sites (tertiary alicyclic amines) is 1. The first-order chi connectivity index (χ1) is 17.7. The van der Waals surface area contributed by atoms with Gasteiger partial charge in [-0.3, -0.25) is 0 Å². The van der Waals surface area contributed by atoms with E-state index in [1.165, 1.54) is 19.2 Å². The molecule has 2 atom stereocenters. The van der Waals surface area contributed by atoms with Crippen LogP contribution in [0, 0.1) is 5.92 Å². The van der Waals surface area contributed by atoms with Gasteiger partial charge >= 0.3 is 6.09 Å². The number of anilines is 3. The van der Waals surface area contributed by atoms with Gasteiger partial charge in [0.2, 0.25) is 0 Å². The molecule has 2 aliphatic heterocycles. The fraction of sp³-hybridized carbons (Fsp3) is 0.500. The van der Waals surface area contributed by atoms with Crippen molar-refractivity contribution in [1.82, 2.24) is 24.8 Å². The molecule has 0 unspecified atom stereocenters. The zero-order valence-corrected chi connectivity index (χ0v) is 21.9. The summed E-state index contributed by atoms with van der Waals surface area (Å²) in [6.07, 6.45) is 6.19. The number of amides is 1. The molecule has 0 aromatic carbocycles. The normalized spacial score (nSPS) is 21.0. The Hall–Kier alpha value is -3.40. The maximum atomic E-state index is 12.6. The molecule has 1 aliphatic carbocycles. The number of hydrogen-bond donors (Lipinski definition) is 1. The van der Waals surface area contributed by atoms with Gasteiger partial charge in [-0.05, 0) is 58.1 Å². The fourth-order valence-electron chi connectivity index (χ4n) is 4.88. The fourth-order valence-corrected chi connectivity index (χ4v) is 5.09. The van der Waals surface area contributed by atoms with Gasteiger partial charge in [0.1, 0.15) is 29.1 Å². The van der Waals surface area contributed by atoms with Crippen LogP contribution >= 0.6 is 11.6 Å². The third kappa shape index (κ3) is 5.07. The number of carbonyl (C=O) groups excluding carboxylic acids is 1. The Kier molecular flexibility index (Phi) is 5.94. The molecule has 3 aromatic heterocycles. The van der Waals surface area contributed by atoms with E-state index in [1.54, 1.807) is 12.3 Å². The first kappa shape index (κ1) is 24.0. The molecule has 194 valence electrons. The highest BCUT2D eigenvalue weighted by Crippen LogP contribution is 2.36. The van der Waals surface area contributed by atoms with Crippen LogP contribution in [-0.2, 0) is 4.74 Å². The summed E-state index contributed by atoms with van der Waals surface area (Å²) in [6.45, 7) is 7.66. The van der Waals surface area contributed by atoms with E-state index in [0.29, 0.717) is 53.5 Å². The van der Waals surface area contributed by atoms with Gasteiger partial charge < -0.3 is 24.6 Å². The Labute approximate surface area is 220 Å². The molecule has 0 radical (unpaired) electrons. The number of aromatic nitrogens is 4. The van der Waals surface area contributed by atoms with Gasteiger partial charge in [0, 0.05) is 19.2 Å². The molecule has 1 N–H and O–H groups in total. The lowest BCUT2D eigenvalue weighted by Gasteiger charge is -2.35. The second kappa shape index (κ2) is 9.16. The van der Waals surface area contributed by atoms with Gasteiger partial charge in [0.15, 0.2) is 11.6 Å². The summed E-state index contributed by atoms with van der Waals surface area (Å²) in [5.74, 6) is 3.13. The average molecular weight is 524 g/mol. The summed E-state index contributed by atoms with van der Waals surface area (Å²) in [7, 11) is 0. The van der Waals surface area contributed by atoms with E-state index < -0.39 is 5.60 Å². The Morgan fingerprint density at radius 2 is 2.00 bits per heavy atom. The minimum atomic E-state index is -0.509. The van der Waals surface area contributed by atoms with E-state index in [4.69, 9.17) is 26.1 Å². The summed E-state index contributed by atoms with van der Waals surface area (Å²) >= 11 is 6.44. The number of nitrogens with zero attached hydrogens (tertiary/aromatic N) is 6. The molecule has 10 nitrogen and oxygen atoms in total. The topological polar surface area (TPSA) is 106 Å². The number of nitrogens with one attached hydrogen (secondary N) is 1. The summed E-state index contributed by atoms with van der Waals surface area (Å²) in [6, 6.07) is 5.93. The van der Waals surface area contributed by atoms with Crippen molar-refractivity contribution in [2.75, 3.05) is 29.9 Å². The number of piperazine rings is 1. The molecule has 6 rings (SSSR count). The average Bonchev–Trinajstić information content (AvgIpc) is 3.46. The van der Waals surface area contributed by atoms with Crippen molar-refractivity contribution in [2.45, 2.75) is 57.7 Å². The lowest BCUT2D eigenvalue weighted by atomic mass is 10.2. The van der Waals surface area contributed by atoms with Gasteiger partial charge in [0.25, 0.3) is 0 Å². The van der Waals surface area contributed by atoms with Crippen molar-refractivity contribution in [1.29, 1.82) is 0 Å². The molecule has 5 heterocycles. The van der Waals surface area contributed by atoms with Crippen LogP contribution in [0.1, 0.15) is 40.0 Å². The molecule has 2 bridgehead atoms. The van der Waals surface area contributed by atoms with E-state index >= 15 is 0 Å². The summed E-state index contributed by atoms with van der Waals surface area (Å²) in [5, 5.41) is 3.73. The monoisotopic (exact) mass is 523 g/mol. The van der Waals surface area contributed by atoms with Crippen molar-refractivity contribution in [3.05, 3.63) is 35.7 Å². The molecule has 3 fully saturated rings. The summed E-state index contributed by atoms with van der Waals surface area (Å²) in [5.41, 5.74) is 0.848. The number of halogens is 1. The van der Waals surface area contributed by atoms with Crippen molar-refractivity contribution in [3.63, 3.8) is 0 Å². The standard InChI is InChI=1S/C26H30ClN7O3/c1-26(2,3)37-25(35)34-12-16-8-17(34)11-33(16)22-7-6-19-23(32-22)24(30-14-29-19)31-21-9-18(27)20(10-28-21)36-13-15-4-5-15/h6-7,9-10,14-17H,4-5,8,11-13H2,1-3H3,(H,28,29,30,31)/t16-,17-/m0/s1. The Morgan fingerprint density at radius 1 is 1.16 bits per heavy atom. The molecular weight excluding hydrogens is 494 g/mol. The largest absolute Gasteiger partial charge is 0.490 e. The number of hydrogen-bond acceptors (Lipinski definition) is 9. The molecule has 0 spiro atoms. The maximum Gasteiger partial charge on any atom is 0.410 e. The van der Waals surface area contributed by atoms with Gasteiger partial charge in [-0.25, -0.2) is 24.7 Å². The van der Waals surface area contributed by atoms with E-state index in [0.717, 1.165) is 17.8 Å². The van der Waals surface area contributed by atoms with Crippen molar-refractivity contribution in [3.8, 4) is 5.75 Å². The molecule has 11 heteroatoms. The predicted molar refractivity (Wildman–Crippen MR) is 141 cm³/mol. The second-order valence-corrected chi connectivity index (χ2v) is 11.4. The maximum absolute atomic E-state index is 12.6. The van der Waals surface area contributed by atoms with Crippen molar-refractivity contribution in [2.24, 2.45) is 5.92 Å². The summed E-state index contributed by atoms with van der Waals surface area (Å²) < 4.78 is 11.4. The van der Waals surface area contributed by atoms with Crippen molar-refractivity contribution >= 4 is 46.2 Å². The van der Waals surface area contributed by atoms with Crippen LogP contribution in [0.15, 0.2) is 30.7 Å². The van der Waals surface area contributed by atoms with E-state index in [9.17, 15) is 4.79 Å². The predicted octanol–water partition coefficient (Wildman–Crippen LogP) is 4.80. The Bertz CT molecular complexity index is 1340. The number of carbonyl (C=O) groups is 1. The third-order valence-electron chi connectivity index (χ3n) is 6.87. The van der Waals surface area contributed by atoms with Crippen LogP contribution in [-0.4, -0.2) is 68.3 Å². The van der Waals surface area contributed by atoms with Crippen LogP contribution in [0.4, 0.5) is 22.2 Å². The number of pyridine rings is 2. The van der Waals surface area contributed by atoms with Crippen LogP contribution in [0.3, 0.4) is 0 Å². The Morgan fingerprint density at radius 3 is 2.70 bits per heavy atom. The van der Waals surface area contributed by atoms with Gasteiger partial charge in [-0.1, -0.05) is 11.6 Å². The Balaban J connectivity index is 1.19. The molecule has 37 heavy (non-hydrogen) atoms. The zero-order chi connectivity index (χ0) is 25.7. The molecular formula is C26H30ClN7O3. The first-order valence-corrected chi connectivity index (χ1v) is 13.0. The van der Waals surface area contributed by atoms with E-state index in [2.05, 4.69) is 25.2 Å². The van der Waals surface area contributed by atoms with Crippen LogP contribution < -0.4 is 15.0 Å². The van der Waals surface area contributed by atoms with Crippen LogP contribution in [0.25, 0.3) is 11.0 Å². The lowest BCUT2D eigenvalue weighted by Crippen LogP contribution is -2.50. The highest BCUT2D eigenvalue weighted by Gasteiger charge is 2.47. The minimum Gasteiger partial charge on any atom is -0.490 e. The second-order valence-electron chi connectivity index (χ2n) is 11.0. The molecule has 2 saturated heterocycles. The zero-order valence-electron chi connectivity index (χ0n) is 21.1. The third-order valence-corrected chi connectivity index (χ3v) is 7.16. The van der Waals surface area contributed by atoms with Gasteiger partial charge in [-0.15, -0.1) is 0 Å². The lowest BCUT2D eigenvalue weighted by molar-refractivity contribution is 0.0214. The van der Waals surface area contributed by atoms with Crippen molar-refractivity contribution < 1.29 is 14.3 Å². The molecule has 3 aliphatic rings.